The first-order valence-electron chi connectivity index (χ1n) is 10.9. The molecule has 4 rings (SSSR count). The molecular weight excluding hydrogens is 412 g/mol. The monoisotopic (exact) mass is 440 g/mol. The van der Waals surface area contributed by atoms with Crippen LogP contribution in [0.15, 0.2) is 115 Å². The molecule has 0 radical (unpaired) electrons. The first-order valence-corrected chi connectivity index (χ1v) is 11.3. The number of nitrogens with two attached hydrogens (primary N) is 2. The van der Waals surface area contributed by atoms with Crippen molar-refractivity contribution in [3.8, 4) is 0 Å². The van der Waals surface area contributed by atoms with Crippen LogP contribution < -0.4 is 11.5 Å². The molecule has 0 saturated carbocycles. The summed E-state index contributed by atoms with van der Waals surface area (Å²) in [5.74, 6) is 0. The topological polar surface area (TPSA) is 52.0 Å². The van der Waals surface area contributed by atoms with Gasteiger partial charge >= 0.3 is 0 Å². The van der Waals surface area contributed by atoms with Crippen LogP contribution in [-0.2, 0) is 10.8 Å². The third-order valence-corrected chi connectivity index (χ3v) is 7.02. The molecule has 3 heteroatoms. The molecule has 2 nitrogen and oxygen atoms in total. The molecule has 0 aliphatic heterocycles. The van der Waals surface area contributed by atoms with Crippen molar-refractivity contribution in [1.82, 2.24) is 0 Å². The fourth-order valence-corrected chi connectivity index (χ4v) is 5.00. The maximum Gasteiger partial charge on any atom is 0.0611 e. The molecule has 4 aromatic rings. The van der Waals surface area contributed by atoms with Crippen molar-refractivity contribution in [3.63, 3.8) is 0 Å². The first-order chi connectivity index (χ1) is 15.5. The first kappa shape index (κ1) is 22.3. The van der Waals surface area contributed by atoms with Gasteiger partial charge in [0.2, 0.25) is 0 Å². The van der Waals surface area contributed by atoms with Gasteiger partial charge in [-0.25, -0.2) is 0 Å². The van der Waals surface area contributed by atoms with Gasteiger partial charge in [-0.3, -0.25) is 0 Å². The average Bonchev–Trinajstić information content (AvgIpc) is 2.86. The Morgan fingerprint density at radius 3 is 1.34 bits per heavy atom. The van der Waals surface area contributed by atoms with Gasteiger partial charge < -0.3 is 11.5 Å². The molecule has 2 atom stereocenters. The third kappa shape index (κ3) is 3.75. The van der Waals surface area contributed by atoms with Gasteiger partial charge in [0.15, 0.2) is 0 Å². The van der Waals surface area contributed by atoms with Crippen molar-refractivity contribution in [1.29, 1.82) is 0 Å². The molecule has 0 aromatic heterocycles. The van der Waals surface area contributed by atoms with Gasteiger partial charge in [-0.1, -0.05) is 122 Å². The Hall–Kier alpha value is -2.91. The summed E-state index contributed by atoms with van der Waals surface area (Å²) < 4.78 is 0. The molecule has 0 heterocycles. The van der Waals surface area contributed by atoms with Crippen molar-refractivity contribution >= 4 is 11.6 Å². The van der Waals surface area contributed by atoms with Crippen LogP contribution >= 0.6 is 11.6 Å². The Morgan fingerprint density at radius 2 is 1.00 bits per heavy atom. The van der Waals surface area contributed by atoms with Crippen LogP contribution in [0, 0.1) is 0 Å². The van der Waals surface area contributed by atoms with E-state index in [2.05, 4.69) is 79.7 Å². The number of halogens is 1. The minimum absolute atomic E-state index is 0.367. The Kier molecular flexibility index (Phi) is 6.48. The lowest BCUT2D eigenvalue weighted by atomic mass is 9.56. The maximum atomic E-state index is 7.40. The molecule has 0 bridgehead atoms. The zero-order valence-electron chi connectivity index (χ0n) is 18.3. The molecule has 4 aromatic carbocycles. The number of benzene rings is 4. The molecule has 0 spiro atoms. The van der Waals surface area contributed by atoms with Gasteiger partial charge in [0.05, 0.1) is 5.41 Å². The van der Waals surface area contributed by atoms with Gasteiger partial charge in [-0.05, 0) is 34.4 Å². The van der Waals surface area contributed by atoms with Gasteiger partial charge in [-0.2, -0.15) is 0 Å². The summed E-state index contributed by atoms with van der Waals surface area (Å²) in [5, 5.41) is 0.696. The molecule has 32 heavy (non-hydrogen) atoms. The van der Waals surface area contributed by atoms with Crippen molar-refractivity contribution < 1.29 is 0 Å². The molecule has 0 aliphatic carbocycles. The second-order valence-corrected chi connectivity index (χ2v) is 8.95. The van der Waals surface area contributed by atoms with Crippen LogP contribution in [-0.4, -0.2) is 12.6 Å². The van der Waals surface area contributed by atoms with Crippen molar-refractivity contribution in [2.75, 3.05) is 6.54 Å². The molecule has 4 N–H and O–H groups in total. The maximum absolute atomic E-state index is 7.40. The predicted octanol–water partition coefficient (Wildman–Crippen LogP) is 5.92. The van der Waals surface area contributed by atoms with E-state index in [9.17, 15) is 0 Å². The standard InChI is InChI=1S/C29H29ClN2/c1-28(21-31,22-17-19-26(30)20-18-22)27(32)29(23-11-5-2-6-12-23,24-13-7-3-8-14-24)25-15-9-4-10-16-25/h2-20,27H,21,31-32H2,1H3. The highest BCUT2D eigenvalue weighted by Gasteiger charge is 2.50. The lowest BCUT2D eigenvalue weighted by Crippen LogP contribution is -2.60. The molecular formula is C29H29ClN2. The SMILES string of the molecule is CC(CN)(c1ccc(Cl)cc1)C(N)C(c1ccccc1)(c1ccccc1)c1ccccc1. The van der Waals surface area contributed by atoms with Gasteiger partial charge in [0.25, 0.3) is 0 Å². The Bertz CT molecular complexity index is 1030. The van der Waals surface area contributed by atoms with Gasteiger partial charge in [-0.15, -0.1) is 0 Å². The molecule has 162 valence electrons. The Labute approximate surface area is 195 Å². The quantitative estimate of drug-likeness (QED) is 0.350. The second kappa shape index (κ2) is 9.30. The lowest BCUT2D eigenvalue weighted by Gasteiger charge is -2.49. The van der Waals surface area contributed by atoms with Crippen molar-refractivity contribution in [2.45, 2.75) is 23.8 Å². The van der Waals surface area contributed by atoms with E-state index in [0.717, 1.165) is 22.3 Å². The summed E-state index contributed by atoms with van der Waals surface area (Å²) in [6, 6.07) is 39.1. The molecule has 0 aliphatic rings. The summed E-state index contributed by atoms with van der Waals surface area (Å²) in [6.45, 7) is 2.55. The van der Waals surface area contributed by atoms with E-state index in [4.69, 9.17) is 23.1 Å². The smallest absolute Gasteiger partial charge is 0.0611 e. The summed E-state index contributed by atoms with van der Waals surface area (Å²) in [7, 11) is 0. The normalized spacial score (nSPS) is 14.5. The highest BCUT2D eigenvalue weighted by molar-refractivity contribution is 6.30. The van der Waals surface area contributed by atoms with E-state index in [1.54, 1.807) is 0 Å². The zero-order chi connectivity index (χ0) is 22.6. The van der Waals surface area contributed by atoms with Crippen LogP contribution in [0.4, 0.5) is 0 Å². The largest absolute Gasteiger partial charge is 0.330 e. The summed E-state index contributed by atoms with van der Waals surface area (Å²) in [4.78, 5) is 0. The predicted molar refractivity (Wildman–Crippen MR) is 135 cm³/mol. The minimum atomic E-state index is -0.614. The summed E-state index contributed by atoms with van der Waals surface area (Å²) in [5.41, 5.74) is 17.2. The van der Waals surface area contributed by atoms with Crippen LogP contribution in [0.3, 0.4) is 0 Å². The fourth-order valence-electron chi connectivity index (χ4n) is 4.87. The highest BCUT2D eigenvalue weighted by atomic mass is 35.5. The van der Waals surface area contributed by atoms with Crippen LogP contribution in [0.2, 0.25) is 5.02 Å². The van der Waals surface area contributed by atoms with E-state index < -0.39 is 10.8 Å². The zero-order valence-corrected chi connectivity index (χ0v) is 19.0. The minimum Gasteiger partial charge on any atom is -0.330 e. The summed E-state index contributed by atoms with van der Waals surface area (Å²) in [6.07, 6.45) is 0. The van der Waals surface area contributed by atoms with Crippen molar-refractivity contribution in [2.24, 2.45) is 11.5 Å². The number of hydrogen-bond donors (Lipinski definition) is 2. The number of hydrogen-bond acceptors (Lipinski definition) is 2. The third-order valence-electron chi connectivity index (χ3n) is 6.77. The van der Waals surface area contributed by atoms with Crippen LogP contribution in [0.1, 0.15) is 29.2 Å². The van der Waals surface area contributed by atoms with E-state index >= 15 is 0 Å². The van der Waals surface area contributed by atoms with E-state index in [1.807, 2.05) is 42.5 Å². The van der Waals surface area contributed by atoms with E-state index in [0.29, 0.717) is 11.6 Å². The van der Waals surface area contributed by atoms with Crippen molar-refractivity contribution in [3.05, 3.63) is 143 Å². The number of rotatable bonds is 7. The Balaban J connectivity index is 2.06. The van der Waals surface area contributed by atoms with E-state index in [-0.39, 0.29) is 6.04 Å². The van der Waals surface area contributed by atoms with Crippen LogP contribution in [0.25, 0.3) is 0 Å². The molecule has 0 amide bonds. The molecule has 2 unspecified atom stereocenters. The van der Waals surface area contributed by atoms with Gasteiger partial charge in [0, 0.05) is 23.0 Å². The fraction of sp³-hybridized carbons (Fsp3) is 0.172. The van der Waals surface area contributed by atoms with E-state index in [1.165, 1.54) is 0 Å². The summed E-state index contributed by atoms with van der Waals surface area (Å²) >= 11 is 6.20. The Morgan fingerprint density at radius 1 is 0.625 bits per heavy atom. The lowest BCUT2D eigenvalue weighted by molar-refractivity contribution is 0.304. The average molecular weight is 441 g/mol. The molecule has 0 fully saturated rings. The van der Waals surface area contributed by atoms with Gasteiger partial charge in [0.1, 0.15) is 0 Å². The highest BCUT2D eigenvalue weighted by Crippen LogP contribution is 2.47. The van der Waals surface area contributed by atoms with Crippen LogP contribution in [0.5, 0.6) is 0 Å². The molecule has 0 saturated heterocycles. The second-order valence-electron chi connectivity index (χ2n) is 8.51.